The van der Waals surface area contributed by atoms with Gasteiger partial charge < -0.3 is 20.8 Å². The number of amides is 2. The van der Waals surface area contributed by atoms with Gasteiger partial charge in [0.2, 0.25) is 11.8 Å². The molecule has 0 saturated carbocycles. The van der Waals surface area contributed by atoms with E-state index in [1.165, 1.54) is 42.6 Å². The summed E-state index contributed by atoms with van der Waals surface area (Å²) in [5.41, 5.74) is 6.71. The van der Waals surface area contributed by atoms with Crippen LogP contribution >= 0.6 is 0 Å². The Labute approximate surface area is 181 Å². The minimum Gasteiger partial charge on any atom is -0.453 e. The zero-order chi connectivity index (χ0) is 22.7. The molecule has 2 heterocycles. The number of pyridine rings is 1. The second-order valence-electron chi connectivity index (χ2n) is 7.02. The minimum absolute atomic E-state index is 0.0568. The van der Waals surface area contributed by atoms with Gasteiger partial charge in [0, 0.05) is 18.9 Å². The van der Waals surface area contributed by atoms with Crippen LogP contribution in [0.4, 0.5) is 8.78 Å². The normalized spacial score (nSPS) is 11.8. The molecule has 4 rings (SSSR count). The van der Waals surface area contributed by atoms with Crippen LogP contribution in [0.3, 0.4) is 0 Å². The Morgan fingerprint density at radius 2 is 1.84 bits per heavy atom. The molecule has 0 aliphatic carbocycles. The lowest BCUT2D eigenvalue weighted by Crippen LogP contribution is -2.36. The average Bonchev–Trinajstić information content (AvgIpc) is 3.25. The summed E-state index contributed by atoms with van der Waals surface area (Å²) in [6, 6.07) is 12.6. The summed E-state index contributed by atoms with van der Waals surface area (Å²) < 4.78 is 33.4. The number of carbonyl (C=O) groups is 2. The van der Waals surface area contributed by atoms with E-state index in [0.29, 0.717) is 22.3 Å². The molecule has 9 heteroatoms. The van der Waals surface area contributed by atoms with E-state index in [2.05, 4.69) is 15.3 Å². The van der Waals surface area contributed by atoms with Gasteiger partial charge in [-0.15, -0.1) is 0 Å². The number of primary amides is 1. The number of nitrogens with two attached hydrogens (primary N) is 1. The molecule has 0 fully saturated rings. The summed E-state index contributed by atoms with van der Waals surface area (Å²) in [6.45, 7) is 0.0568. The van der Waals surface area contributed by atoms with Crippen LogP contribution in [0.15, 0.2) is 67.0 Å². The van der Waals surface area contributed by atoms with Crippen LogP contribution in [0, 0.1) is 11.6 Å². The maximum absolute atomic E-state index is 14.8. The number of aromatic nitrogens is 2. The Balaban J connectivity index is 1.52. The molecule has 1 unspecified atom stereocenters. The van der Waals surface area contributed by atoms with Crippen molar-refractivity contribution in [2.24, 2.45) is 5.73 Å². The highest BCUT2D eigenvalue weighted by Gasteiger charge is 2.27. The van der Waals surface area contributed by atoms with Crippen molar-refractivity contribution in [1.82, 2.24) is 15.3 Å². The molecule has 32 heavy (non-hydrogen) atoms. The Morgan fingerprint density at radius 3 is 2.56 bits per heavy atom. The highest BCUT2D eigenvalue weighted by molar-refractivity contribution is 6.05. The van der Waals surface area contributed by atoms with Crippen LogP contribution in [0.5, 0.6) is 11.5 Å². The van der Waals surface area contributed by atoms with Gasteiger partial charge in [-0.25, -0.2) is 13.8 Å². The van der Waals surface area contributed by atoms with Crippen molar-refractivity contribution in [2.45, 2.75) is 12.5 Å². The summed E-state index contributed by atoms with van der Waals surface area (Å²) in [4.78, 5) is 31.6. The summed E-state index contributed by atoms with van der Waals surface area (Å²) >= 11 is 0. The number of rotatable bonds is 7. The van der Waals surface area contributed by atoms with Crippen LogP contribution in [0.25, 0.3) is 11.0 Å². The van der Waals surface area contributed by atoms with E-state index < -0.39 is 29.4 Å². The number of nitrogens with zero attached hydrogens (tertiary/aromatic N) is 1. The Hall–Kier alpha value is -4.27. The zero-order valence-corrected chi connectivity index (χ0v) is 16.6. The molecule has 0 aliphatic heterocycles. The van der Waals surface area contributed by atoms with Crippen LogP contribution in [-0.2, 0) is 16.1 Å². The number of nitrogens with one attached hydrogen (secondary N) is 2. The average molecular weight is 436 g/mol. The molecule has 2 aromatic heterocycles. The first-order valence-electron chi connectivity index (χ1n) is 9.63. The van der Waals surface area contributed by atoms with Gasteiger partial charge in [0.05, 0.1) is 5.39 Å². The first-order chi connectivity index (χ1) is 15.4. The minimum atomic E-state index is -1.41. The molecule has 4 aromatic rings. The van der Waals surface area contributed by atoms with E-state index in [1.54, 1.807) is 18.3 Å². The second-order valence-corrected chi connectivity index (χ2v) is 7.02. The number of halogens is 2. The van der Waals surface area contributed by atoms with Crippen molar-refractivity contribution in [3.8, 4) is 11.5 Å². The predicted octanol–water partition coefficient (Wildman–Crippen LogP) is 3.52. The largest absolute Gasteiger partial charge is 0.453 e. The van der Waals surface area contributed by atoms with Crippen LogP contribution < -0.4 is 15.8 Å². The number of hydrogen-bond acceptors (Lipinski definition) is 4. The summed E-state index contributed by atoms with van der Waals surface area (Å²) in [5, 5.41) is 3.24. The fraction of sp³-hybridized carbons (Fsp3) is 0.0870. The standard InChI is InChI=1S/C23H18F2N4O3/c24-15-4-1-13(2-5-15)12-29-23(31)20(21(26)30)14-3-6-19(17(25)11-14)32-18-8-10-28-22-16(18)7-9-27-22/h1-11,20H,12H2,(H2,26,30)(H,27,28)(H,29,31). The van der Waals surface area contributed by atoms with Crippen LogP contribution in [-0.4, -0.2) is 21.8 Å². The molecule has 0 bridgehead atoms. The maximum atomic E-state index is 14.8. The van der Waals surface area contributed by atoms with Gasteiger partial charge in [-0.05, 0) is 47.5 Å². The lowest BCUT2D eigenvalue weighted by molar-refractivity contribution is -0.130. The van der Waals surface area contributed by atoms with Crippen molar-refractivity contribution < 1.29 is 23.1 Å². The van der Waals surface area contributed by atoms with Crippen LogP contribution in [0.1, 0.15) is 17.0 Å². The monoisotopic (exact) mass is 436 g/mol. The van der Waals surface area contributed by atoms with Gasteiger partial charge in [-0.2, -0.15) is 0 Å². The molecule has 0 radical (unpaired) electrons. The van der Waals surface area contributed by atoms with Gasteiger partial charge in [0.15, 0.2) is 11.6 Å². The summed E-state index contributed by atoms with van der Waals surface area (Å²) in [5.74, 6) is -3.89. The van der Waals surface area contributed by atoms with Crippen molar-refractivity contribution in [2.75, 3.05) is 0 Å². The molecule has 1 atom stereocenters. The fourth-order valence-corrected chi connectivity index (χ4v) is 3.26. The Morgan fingerprint density at radius 1 is 1.06 bits per heavy atom. The van der Waals surface area contributed by atoms with E-state index in [-0.39, 0.29) is 17.9 Å². The highest BCUT2D eigenvalue weighted by Crippen LogP contribution is 2.31. The number of H-pyrrole nitrogens is 1. The summed E-state index contributed by atoms with van der Waals surface area (Å²) in [7, 11) is 0. The molecular weight excluding hydrogens is 418 g/mol. The van der Waals surface area contributed by atoms with E-state index in [1.807, 2.05) is 0 Å². The van der Waals surface area contributed by atoms with Gasteiger partial charge in [0.1, 0.15) is 23.1 Å². The molecule has 0 saturated heterocycles. The smallest absolute Gasteiger partial charge is 0.237 e. The number of aromatic amines is 1. The molecule has 2 aromatic carbocycles. The van der Waals surface area contributed by atoms with Gasteiger partial charge in [-0.1, -0.05) is 18.2 Å². The second kappa shape index (κ2) is 8.84. The van der Waals surface area contributed by atoms with Crippen LogP contribution in [0.2, 0.25) is 0 Å². The topological polar surface area (TPSA) is 110 Å². The van der Waals surface area contributed by atoms with Gasteiger partial charge in [0.25, 0.3) is 0 Å². The third kappa shape index (κ3) is 4.41. The third-order valence-corrected chi connectivity index (χ3v) is 4.86. The zero-order valence-electron chi connectivity index (χ0n) is 16.6. The molecule has 0 aliphatic rings. The first kappa shape index (κ1) is 21.0. The van der Waals surface area contributed by atoms with Crippen molar-refractivity contribution in [3.05, 3.63) is 89.8 Å². The van der Waals surface area contributed by atoms with Gasteiger partial charge >= 0.3 is 0 Å². The highest BCUT2D eigenvalue weighted by atomic mass is 19.1. The lowest BCUT2D eigenvalue weighted by atomic mass is 9.97. The van der Waals surface area contributed by atoms with Crippen molar-refractivity contribution >= 4 is 22.8 Å². The molecule has 7 nitrogen and oxygen atoms in total. The summed E-state index contributed by atoms with van der Waals surface area (Å²) in [6.07, 6.45) is 3.21. The fourth-order valence-electron chi connectivity index (χ4n) is 3.26. The molecule has 0 spiro atoms. The SMILES string of the molecule is NC(=O)C(C(=O)NCc1ccc(F)cc1)c1ccc(Oc2ccnc3[nH]ccc23)c(F)c1. The number of ether oxygens (including phenoxy) is 1. The predicted molar refractivity (Wildman–Crippen MR) is 113 cm³/mol. The Bertz CT molecular complexity index is 1290. The number of hydrogen-bond donors (Lipinski definition) is 3. The van der Waals surface area contributed by atoms with E-state index in [0.717, 1.165) is 6.07 Å². The lowest BCUT2D eigenvalue weighted by Gasteiger charge is -2.15. The molecular formula is C23H18F2N4O3. The van der Waals surface area contributed by atoms with E-state index >= 15 is 0 Å². The van der Waals surface area contributed by atoms with E-state index in [9.17, 15) is 18.4 Å². The third-order valence-electron chi connectivity index (χ3n) is 4.86. The number of fused-ring (bicyclic) bond motifs is 1. The van der Waals surface area contributed by atoms with E-state index in [4.69, 9.17) is 10.5 Å². The maximum Gasteiger partial charge on any atom is 0.237 e. The number of benzene rings is 2. The van der Waals surface area contributed by atoms with Crippen molar-refractivity contribution in [3.63, 3.8) is 0 Å². The quantitative estimate of drug-likeness (QED) is 0.385. The molecule has 162 valence electrons. The first-order valence-corrected chi connectivity index (χ1v) is 9.63. The Kier molecular flexibility index (Phi) is 5.80. The molecule has 2 amide bonds. The van der Waals surface area contributed by atoms with Gasteiger partial charge in [-0.3, -0.25) is 9.59 Å². The molecule has 4 N–H and O–H groups in total. The number of carbonyl (C=O) groups excluding carboxylic acids is 2. The van der Waals surface area contributed by atoms with Crippen molar-refractivity contribution in [1.29, 1.82) is 0 Å².